The molecule has 1 atom stereocenters. The maximum atomic E-state index is 13.2. The number of azide groups is 1. The first-order chi connectivity index (χ1) is 20.3. The number of aliphatic carboxylic acids is 2. The number of amides is 1. The molecule has 2 aromatic carbocycles. The van der Waals surface area contributed by atoms with Crippen molar-refractivity contribution in [2.75, 3.05) is 0 Å². The van der Waals surface area contributed by atoms with Crippen LogP contribution in [0.3, 0.4) is 0 Å². The second-order valence-corrected chi connectivity index (χ2v) is 10.1. The zero-order valence-corrected chi connectivity index (χ0v) is 22.5. The molecule has 0 saturated heterocycles. The third kappa shape index (κ3) is 6.18. The van der Waals surface area contributed by atoms with Crippen molar-refractivity contribution in [1.82, 2.24) is 14.9 Å². The predicted octanol–water partition coefficient (Wildman–Crippen LogP) is 6.27. The van der Waals surface area contributed by atoms with Crippen molar-refractivity contribution in [1.29, 1.82) is 0 Å². The lowest BCUT2D eigenvalue weighted by molar-refractivity contribution is -0.139. The fraction of sp³-hybridized carbons (Fsp3) is 0.267. The number of nitrogens with zero attached hydrogens (tertiary/aromatic N) is 5. The van der Waals surface area contributed by atoms with Gasteiger partial charge in [0.15, 0.2) is 0 Å². The summed E-state index contributed by atoms with van der Waals surface area (Å²) in [5, 5.41) is 25.0. The minimum atomic E-state index is -1.28. The van der Waals surface area contributed by atoms with Gasteiger partial charge in [-0.2, -0.15) is 0 Å². The van der Waals surface area contributed by atoms with Crippen molar-refractivity contribution in [2.45, 2.75) is 50.6 Å². The molecule has 1 amide bonds. The van der Waals surface area contributed by atoms with E-state index in [1.165, 1.54) is 24.6 Å². The Labute approximate surface area is 239 Å². The summed E-state index contributed by atoms with van der Waals surface area (Å²) in [6.07, 6.45) is 10.8. The van der Waals surface area contributed by atoms with Gasteiger partial charge in [0.25, 0.3) is 5.91 Å². The quantitative estimate of drug-likeness (QED) is 0.0871. The van der Waals surface area contributed by atoms with Gasteiger partial charge in [-0.05, 0) is 59.8 Å². The molecule has 0 bridgehead atoms. The Balaban J connectivity index is 1.41. The van der Waals surface area contributed by atoms with Crippen LogP contribution in [0.25, 0.3) is 38.9 Å². The van der Waals surface area contributed by atoms with Crippen LogP contribution in [0.15, 0.2) is 70.6 Å². The molecule has 4 aromatic rings. The van der Waals surface area contributed by atoms with E-state index in [1.54, 1.807) is 30.7 Å². The number of aromatic nitrogens is 2. The molecule has 1 aliphatic carbocycles. The third-order valence-electron chi connectivity index (χ3n) is 7.36. The molecule has 0 aliphatic heterocycles. The van der Waals surface area contributed by atoms with Gasteiger partial charge >= 0.3 is 11.9 Å². The summed E-state index contributed by atoms with van der Waals surface area (Å²) >= 11 is 0. The average Bonchev–Trinajstić information content (AvgIpc) is 3.65. The van der Waals surface area contributed by atoms with Crippen molar-refractivity contribution >= 4 is 40.6 Å². The molecule has 0 unspecified atom stereocenters. The van der Waals surface area contributed by atoms with Gasteiger partial charge in [0.1, 0.15) is 18.1 Å². The van der Waals surface area contributed by atoms with Crippen LogP contribution in [0.1, 0.15) is 59.6 Å². The number of imidazole rings is 1. The Morgan fingerprint density at radius 1 is 1.14 bits per heavy atom. The molecule has 2 aromatic heterocycles. The maximum Gasteiger partial charge on any atom is 0.328 e. The van der Waals surface area contributed by atoms with E-state index in [2.05, 4.69) is 19.9 Å². The molecular formula is C30H28N6O6. The summed E-state index contributed by atoms with van der Waals surface area (Å²) in [7, 11) is 0. The second kappa shape index (κ2) is 12.4. The molecule has 214 valence electrons. The number of hydrogen-bond acceptors (Lipinski definition) is 6. The van der Waals surface area contributed by atoms with Gasteiger partial charge in [-0.25, -0.2) is 14.6 Å². The number of benzene rings is 2. The van der Waals surface area contributed by atoms with E-state index in [-0.39, 0.29) is 23.7 Å². The van der Waals surface area contributed by atoms with Crippen LogP contribution >= 0.6 is 0 Å². The van der Waals surface area contributed by atoms with Gasteiger partial charge in [0, 0.05) is 34.7 Å². The number of furan rings is 1. The number of fused-ring (bicyclic) bond motifs is 1. The van der Waals surface area contributed by atoms with Crippen LogP contribution in [-0.2, 0) is 16.0 Å². The lowest BCUT2D eigenvalue weighted by Gasteiger charge is -2.25. The first-order valence-electron chi connectivity index (χ1n) is 13.5. The molecule has 12 nitrogen and oxygen atoms in total. The standard InChI is InChI=1S/C30H28N6O6/c31-35-34-23-9-6-18(14-19(23)8-11-27(37)38)15-25(30(40)41)33-29(39)20-7-10-26-24(16-20)32-28(21-12-13-42-17-21)36(26)22-4-2-1-3-5-22/h6-14,16-17,22,25H,1-5,15H2,(H,33,39)(H,37,38)(H,40,41)/b11-8+/t25-/m0/s1. The van der Waals surface area contributed by atoms with E-state index >= 15 is 0 Å². The summed E-state index contributed by atoms with van der Waals surface area (Å²) < 4.78 is 7.53. The van der Waals surface area contributed by atoms with Crippen molar-refractivity contribution in [2.24, 2.45) is 5.11 Å². The summed E-state index contributed by atoms with van der Waals surface area (Å²) in [6, 6.07) is 10.6. The molecule has 0 radical (unpaired) electrons. The topological polar surface area (TPSA) is 183 Å². The lowest BCUT2D eigenvalue weighted by Crippen LogP contribution is -2.42. The van der Waals surface area contributed by atoms with Crippen LogP contribution in [0.5, 0.6) is 0 Å². The van der Waals surface area contributed by atoms with Crippen LogP contribution < -0.4 is 5.32 Å². The number of rotatable bonds is 10. The molecular weight excluding hydrogens is 540 g/mol. The fourth-order valence-electron chi connectivity index (χ4n) is 5.39. The van der Waals surface area contributed by atoms with Crippen molar-refractivity contribution in [3.63, 3.8) is 0 Å². The minimum absolute atomic E-state index is 0.0886. The maximum absolute atomic E-state index is 13.2. The normalized spacial score (nSPS) is 14.5. The van der Waals surface area contributed by atoms with Gasteiger partial charge in [-0.1, -0.05) is 42.6 Å². The summed E-state index contributed by atoms with van der Waals surface area (Å²) in [4.78, 5) is 43.9. The second-order valence-electron chi connectivity index (χ2n) is 10.1. The Hall–Kier alpha value is -5.35. The van der Waals surface area contributed by atoms with Crippen LogP contribution in [0.2, 0.25) is 0 Å². The van der Waals surface area contributed by atoms with Crippen LogP contribution in [-0.4, -0.2) is 43.7 Å². The highest BCUT2D eigenvalue weighted by molar-refractivity contribution is 5.99. The first-order valence-corrected chi connectivity index (χ1v) is 13.5. The number of nitrogens with one attached hydrogen (secondary N) is 1. The molecule has 1 aliphatic rings. The average molecular weight is 569 g/mol. The van der Waals surface area contributed by atoms with Crippen LogP contribution in [0.4, 0.5) is 5.69 Å². The highest BCUT2D eigenvalue weighted by Gasteiger charge is 2.25. The van der Waals surface area contributed by atoms with Crippen LogP contribution in [0, 0.1) is 0 Å². The van der Waals surface area contributed by atoms with Gasteiger partial charge in [-0.3, -0.25) is 4.79 Å². The van der Waals surface area contributed by atoms with Gasteiger partial charge in [-0.15, -0.1) is 0 Å². The molecule has 3 N–H and O–H groups in total. The zero-order chi connectivity index (χ0) is 29.6. The molecule has 1 saturated carbocycles. The molecule has 12 heteroatoms. The lowest BCUT2D eigenvalue weighted by atomic mass is 9.95. The fourth-order valence-corrected chi connectivity index (χ4v) is 5.39. The Morgan fingerprint density at radius 3 is 2.64 bits per heavy atom. The summed E-state index contributed by atoms with van der Waals surface area (Å²) in [5.41, 5.74) is 12.4. The van der Waals surface area contributed by atoms with E-state index in [1.807, 2.05) is 12.1 Å². The Morgan fingerprint density at radius 2 is 1.95 bits per heavy atom. The Bertz CT molecular complexity index is 1710. The first kappa shape index (κ1) is 28.2. The number of carboxylic acids is 2. The van der Waals surface area contributed by atoms with E-state index < -0.39 is 23.9 Å². The summed E-state index contributed by atoms with van der Waals surface area (Å²) in [6.45, 7) is 0. The zero-order valence-electron chi connectivity index (χ0n) is 22.5. The summed E-state index contributed by atoms with van der Waals surface area (Å²) in [5.74, 6) is -2.24. The van der Waals surface area contributed by atoms with Crippen molar-refractivity contribution < 1.29 is 29.0 Å². The number of carbonyl (C=O) groups excluding carboxylic acids is 1. The number of carboxylic acid groups (broad SMARTS) is 2. The molecule has 0 spiro atoms. The number of hydrogen-bond donors (Lipinski definition) is 3. The van der Waals surface area contributed by atoms with Crippen molar-refractivity contribution in [3.8, 4) is 11.4 Å². The molecule has 42 heavy (non-hydrogen) atoms. The van der Waals surface area contributed by atoms with Crippen molar-refractivity contribution in [3.05, 3.63) is 88.2 Å². The minimum Gasteiger partial charge on any atom is -0.480 e. The monoisotopic (exact) mass is 568 g/mol. The predicted molar refractivity (Wildman–Crippen MR) is 154 cm³/mol. The Kier molecular flexibility index (Phi) is 8.35. The van der Waals surface area contributed by atoms with Gasteiger partial charge < -0.3 is 24.5 Å². The molecule has 1 fully saturated rings. The highest BCUT2D eigenvalue weighted by Crippen LogP contribution is 2.36. The van der Waals surface area contributed by atoms with Gasteiger partial charge in [0.2, 0.25) is 0 Å². The molecule has 5 rings (SSSR count). The third-order valence-corrected chi connectivity index (χ3v) is 7.36. The SMILES string of the molecule is [N-]=[N+]=Nc1ccc(C[C@H](NC(=O)c2ccc3c(c2)nc(-c2ccoc2)n3C2CCCCC2)C(=O)O)cc1/C=C/C(=O)O. The van der Waals surface area contributed by atoms with E-state index in [4.69, 9.17) is 20.0 Å². The molecule has 2 heterocycles. The van der Waals surface area contributed by atoms with Gasteiger partial charge in [0.05, 0.1) is 22.9 Å². The number of carbonyl (C=O) groups is 3. The smallest absolute Gasteiger partial charge is 0.328 e. The van der Waals surface area contributed by atoms with E-state index in [9.17, 15) is 19.5 Å². The van der Waals surface area contributed by atoms with E-state index in [0.29, 0.717) is 16.6 Å². The largest absolute Gasteiger partial charge is 0.480 e. The van der Waals surface area contributed by atoms with E-state index in [0.717, 1.165) is 48.7 Å². The highest BCUT2D eigenvalue weighted by atomic mass is 16.4.